The Hall–Kier alpha value is -3.02. The SMILES string of the molecule is O=C(CCc1nc2ccccc2[nH]c1=O)Nc1ccccc1F. The molecular formula is C17H14FN3O2. The first-order valence-electron chi connectivity index (χ1n) is 7.16. The number of nitrogens with one attached hydrogen (secondary N) is 2. The highest BCUT2D eigenvalue weighted by atomic mass is 19.1. The molecule has 116 valence electrons. The number of aryl methyl sites for hydroxylation is 1. The summed E-state index contributed by atoms with van der Waals surface area (Å²) in [5.74, 6) is -0.869. The van der Waals surface area contributed by atoms with Crippen LogP contribution in [-0.4, -0.2) is 15.9 Å². The van der Waals surface area contributed by atoms with Crippen molar-refractivity contribution in [3.8, 4) is 0 Å². The molecule has 1 amide bonds. The molecule has 0 spiro atoms. The smallest absolute Gasteiger partial charge is 0.270 e. The Morgan fingerprint density at radius 2 is 1.87 bits per heavy atom. The van der Waals surface area contributed by atoms with Gasteiger partial charge in [-0.25, -0.2) is 9.37 Å². The Labute approximate surface area is 131 Å². The number of benzene rings is 2. The van der Waals surface area contributed by atoms with E-state index in [0.29, 0.717) is 11.0 Å². The quantitative estimate of drug-likeness (QED) is 0.778. The molecule has 1 heterocycles. The topological polar surface area (TPSA) is 74.8 Å². The summed E-state index contributed by atoms with van der Waals surface area (Å²) in [6.07, 6.45) is 0.225. The van der Waals surface area contributed by atoms with Crippen molar-refractivity contribution < 1.29 is 9.18 Å². The number of para-hydroxylation sites is 3. The molecule has 0 bridgehead atoms. The molecule has 0 aliphatic rings. The van der Waals surface area contributed by atoms with Gasteiger partial charge in [-0.05, 0) is 24.3 Å². The van der Waals surface area contributed by atoms with Crippen molar-refractivity contribution in [1.82, 2.24) is 9.97 Å². The summed E-state index contributed by atoms with van der Waals surface area (Å²) in [6.45, 7) is 0. The van der Waals surface area contributed by atoms with E-state index in [2.05, 4.69) is 15.3 Å². The largest absolute Gasteiger partial charge is 0.324 e. The van der Waals surface area contributed by atoms with E-state index in [1.807, 2.05) is 12.1 Å². The zero-order chi connectivity index (χ0) is 16.2. The third-order valence-electron chi connectivity index (χ3n) is 3.41. The molecule has 0 unspecified atom stereocenters. The fourth-order valence-corrected chi connectivity index (χ4v) is 2.24. The molecule has 3 rings (SSSR count). The van der Waals surface area contributed by atoms with Gasteiger partial charge in [-0.1, -0.05) is 24.3 Å². The summed E-state index contributed by atoms with van der Waals surface area (Å²) in [5, 5.41) is 2.48. The van der Waals surface area contributed by atoms with Gasteiger partial charge in [0.2, 0.25) is 5.91 Å². The lowest BCUT2D eigenvalue weighted by Gasteiger charge is -2.06. The lowest BCUT2D eigenvalue weighted by Crippen LogP contribution is -2.19. The van der Waals surface area contributed by atoms with Crippen LogP contribution in [0.4, 0.5) is 10.1 Å². The molecule has 2 aromatic carbocycles. The van der Waals surface area contributed by atoms with Crippen LogP contribution in [0, 0.1) is 5.82 Å². The molecule has 5 nitrogen and oxygen atoms in total. The predicted molar refractivity (Wildman–Crippen MR) is 85.7 cm³/mol. The second kappa shape index (κ2) is 6.39. The average molecular weight is 311 g/mol. The number of hydrogen-bond donors (Lipinski definition) is 2. The highest BCUT2D eigenvalue weighted by Gasteiger charge is 2.10. The number of anilines is 1. The van der Waals surface area contributed by atoms with E-state index in [4.69, 9.17) is 0 Å². The van der Waals surface area contributed by atoms with E-state index >= 15 is 0 Å². The van der Waals surface area contributed by atoms with Crippen molar-refractivity contribution in [1.29, 1.82) is 0 Å². The minimum atomic E-state index is -0.498. The van der Waals surface area contributed by atoms with E-state index in [1.54, 1.807) is 24.3 Å². The van der Waals surface area contributed by atoms with E-state index < -0.39 is 5.82 Å². The minimum absolute atomic E-state index is 0.0444. The Kier molecular flexibility index (Phi) is 4.14. The number of hydrogen-bond acceptors (Lipinski definition) is 3. The molecule has 0 saturated heterocycles. The molecule has 1 aromatic heterocycles. The van der Waals surface area contributed by atoms with Crippen molar-refractivity contribution in [3.63, 3.8) is 0 Å². The van der Waals surface area contributed by atoms with Gasteiger partial charge in [-0.2, -0.15) is 0 Å². The second-order valence-corrected chi connectivity index (χ2v) is 5.06. The molecule has 0 saturated carbocycles. The van der Waals surface area contributed by atoms with Crippen LogP contribution in [0.2, 0.25) is 0 Å². The van der Waals surface area contributed by atoms with Gasteiger partial charge >= 0.3 is 0 Å². The van der Waals surface area contributed by atoms with Gasteiger partial charge in [0.15, 0.2) is 0 Å². The number of fused-ring (bicyclic) bond motifs is 1. The zero-order valence-electron chi connectivity index (χ0n) is 12.2. The number of H-pyrrole nitrogens is 1. The normalized spacial score (nSPS) is 10.7. The first kappa shape index (κ1) is 14.9. The maximum absolute atomic E-state index is 13.5. The molecule has 0 aliphatic heterocycles. The molecular weight excluding hydrogens is 297 g/mol. The number of nitrogens with zero attached hydrogens (tertiary/aromatic N) is 1. The molecule has 23 heavy (non-hydrogen) atoms. The number of rotatable bonds is 4. The molecule has 0 radical (unpaired) electrons. The van der Waals surface area contributed by atoms with Crippen LogP contribution in [0.3, 0.4) is 0 Å². The van der Waals surface area contributed by atoms with Gasteiger partial charge in [0.05, 0.1) is 16.7 Å². The monoisotopic (exact) mass is 311 g/mol. The maximum atomic E-state index is 13.5. The molecule has 6 heteroatoms. The third-order valence-corrected chi connectivity index (χ3v) is 3.41. The van der Waals surface area contributed by atoms with Crippen LogP contribution in [0.5, 0.6) is 0 Å². The number of amides is 1. The highest BCUT2D eigenvalue weighted by Crippen LogP contribution is 2.13. The number of aromatic amines is 1. The van der Waals surface area contributed by atoms with Crippen molar-refractivity contribution >= 4 is 22.6 Å². The van der Waals surface area contributed by atoms with Crippen LogP contribution in [0.15, 0.2) is 53.3 Å². The molecule has 2 N–H and O–H groups in total. The predicted octanol–water partition coefficient (Wildman–Crippen LogP) is 2.63. The maximum Gasteiger partial charge on any atom is 0.270 e. The minimum Gasteiger partial charge on any atom is -0.324 e. The van der Waals surface area contributed by atoms with E-state index in [9.17, 15) is 14.0 Å². The zero-order valence-corrected chi connectivity index (χ0v) is 12.2. The van der Waals surface area contributed by atoms with Crippen LogP contribution in [-0.2, 0) is 11.2 Å². The van der Waals surface area contributed by atoms with Gasteiger partial charge in [-0.3, -0.25) is 9.59 Å². The number of halogens is 1. The Balaban J connectivity index is 1.71. The number of carbonyl (C=O) groups is 1. The highest BCUT2D eigenvalue weighted by molar-refractivity contribution is 5.90. The number of aromatic nitrogens is 2. The molecule has 0 fully saturated rings. The molecule has 0 aliphatic carbocycles. The molecule has 3 aromatic rings. The van der Waals surface area contributed by atoms with Crippen molar-refractivity contribution in [2.75, 3.05) is 5.32 Å². The fraction of sp³-hybridized carbons (Fsp3) is 0.118. The van der Waals surface area contributed by atoms with Crippen LogP contribution < -0.4 is 10.9 Å². The van der Waals surface area contributed by atoms with Gasteiger partial charge < -0.3 is 10.3 Å². The molecule has 0 atom stereocenters. The summed E-state index contributed by atoms with van der Waals surface area (Å²) in [5.41, 5.74) is 1.40. The van der Waals surface area contributed by atoms with Gasteiger partial charge in [-0.15, -0.1) is 0 Å². The van der Waals surface area contributed by atoms with Gasteiger partial charge in [0.1, 0.15) is 11.5 Å². The second-order valence-electron chi connectivity index (χ2n) is 5.06. The van der Waals surface area contributed by atoms with Crippen molar-refractivity contribution in [2.45, 2.75) is 12.8 Å². The first-order chi connectivity index (χ1) is 11.1. The fourth-order valence-electron chi connectivity index (χ4n) is 2.24. The average Bonchev–Trinajstić information content (AvgIpc) is 2.55. The summed E-state index contributed by atoms with van der Waals surface area (Å²) in [7, 11) is 0. The van der Waals surface area contributed by atoms with Crippen LogP contribution in [0.25, 0.3) is 11.0 Å². The van der Waals surface area contributed by atoms with E-state index in [0.717, 1.165) is 0 Å². The van der Waals surface area contributed by atoms with Crippen molar-refractivity contribution in [2.24, 2.45) is 0 Å². The lowest BCUT2D eigenvalue weighted by molar-refractivity contribution is -0.116. The Bertz CT molecular complexity index is 921. The van der Waals surface area contributed by atoms with Gasteiger partial charge in [0.25, 0.3) is 5.56 Å². The standard InChI is InChI=1S/C17H14FN3O2/c18-11-5-1-2-6-12(11)20-16(22)10-9-15-17(23)21-14-8-4-3-7-13(14)19-15/h1-8H,9-10H2,(H,20,22)(H,21,23). The third kappa shape index (κ3) is 3.42. The van der Waals surface area contributed by atoms with Crippen LogP contribution in [0.1, 0.15) is 12.1 Å². The van der Waals surface area contributed by atoms with Crippen LogP contribution >= 0.6 is 0 Å². The number of carbonyl (C=O) groups excluding carboxylic acids is 1. The van der Waals surface area contributed by atoms with Crippen molar-refractivity contribution in [3.05, 3.63) is 70.4 Å². The Morgan fingerprint density at radius 3 is 2.70 bits per heavy atom. The van der Waals surface area contributed by atoms with Gasteiger partial charge in [0, 0.05) is 12.8 Å². The first-order valence-corrected chi connectivity index (χ1v) is 7.16. The summed E-state index contributed by atoms with van der Waals surface area (Å²) in [4.78, 5) is 30.8. The van der Waals surface area contributed by atoms with E-state index in [1.165, 1.54) is 12.1 Å². The summed E-state index contributed by atoms with van der Waals surface area (Å²) >= 11 is 0. The lowest BCUT2D eigenvalue weighted by atomic mass is 10.2. The van der Waals surface area contributed by atoms with E-state index in [-0.39, 0.29) is 35.7 Å². The summed E-state index contributed by atoms with van der Waals surface area (Å²) in [6, 6.07) is 13.1. The summed E-state index contributed by atoms with van der Waals surface area (Å²) < 4.78 is 13.5. The Morgan fingerprint density at radius 1 is 1.13 bits per heavy atom.